The number of thioether (sulfide) groups is 1. The molecule has 4 atom stereocenters. The normalized spacial score (nSPS) is 14.7. The molecule has 0 aliphatic carbocycles. The number of carboxylic acids is 1. The lowest BCUT2D eigenvalue weighted by atomic mass is 10.0. The minimum absolute atomic E-state index is 0.0772. The molecule has 0 saturated carbocycles. The molecule has 0 radical (unpaired) electrons. The first kappa shape index (κ1) is 28.2. The summed E-state index contributed by atoms with van der Waals surface area (Å²) in [5, 5.41) is 18.4. The van der Waals surface area contributed by atoms with E-state index in [9.17, 15) is 24.3 Å². The Bertz CT molecular complexity index is 1040. The fourth-order valence-corrected chi connectivity index (χ4v) is 3.94. The highest BCUT2D eigenvalue weighted by atomic mass is 32.2. The number of hydrogen-bond acceptors (Lipinski definition) is 6. The molecule has 0 aliphatic heterocycles. The number of rotatable bonds is 13. The van der Waals surface area contributed by atoms with E-state index in [-0.39, 0.29) is 12.3 Å². The van der Waals surface area contributed by atoms with Crippen molar-refractivity contribution in [1.29, 1.82) is 0 Å². The van der Waals surface area contributed by atoms with E-state index in [0.29, 0.717) is 12.2 Å². The van der Waals surface area contributed by atoms with Crippen molar-refractivity contribution in [3.05, 3.63) is 36.0 Å². The van der Waals surface area contributed by atoms with Gasteiger partial charge in [-0.25, -0.2) is 4.79 Å². The highest BCUT2D eigenvalue weighted by Crippen LogP contribution is 2.19. The molecule has 1 aromatic heterocycles. The van der Waals surface area contributed by atoms with Crippen molar-refractivity contribution in [2.45, 2.75) is 57.8 Å². The molecule has 7 N–H and O–H groups in total. The molecule has 0 spiro atoms. The van der Waals surface area contributed by atoms with Gasteiger partial charge in [0.2, 0.25) is 17.7 Å². The fraction of sp³-hybridized carbons (Fsp3) is 0.500. The molecule has 10 nitrogen and oxygen atoms in total. The summed E-state index contributed by atoms with van der Waals surface area (Å²) in [6, 6.07) is 3.67. The number of benzene rings is 1. The number of fused-ring (bicyclic) bond motifs is 1. The molecule has 192 valence electrons. The van der Waals surface area contributed by atoms with Crippen LogP contribution in [0.25, 0.3) is 10.9 Å². The first-order valence-electron chi connectivity index (χ1n) is 11.5. The number of nitrogens with one attached hydrogen (secondary N) is 4. The second-order valence-corrected chi connectivity index (χ2v) is 9.79. The molecule has 0 fully saturated rings. The molecular weight excluding hydrogens is 470 g/mol. The minimum Gasteiger partial charge on any atom is -0.480 e. The largest absolute Gasteiger partial charge is 0.480 e. The quantitative estimate of drug-likeness (QED) is 0.236. The zero-order valence-corrected chi connectivity index (χ0v) is 21.3. The van der Waals surface area contributed by atoms with E-state index in [1.54, 1.807) is 20.0 Å². The molecule has 4 unspecified atom stereocenters. The van der Waals surface area contributed by atoms with Crippen molar-refractivity contribution < 1.29 is 24.3 Å². The number of carboxylic acid groups (broad SMARTS) is 1. The van der Waals surface area contributed by atoms with Gasteiger partial charge in [0.1, 0.15) is 18.1 Å². The van der Waals surface area contributed by atoms with Crippen LogP contribution in [0.5, 0.6) is 0 Å². The maximum atomic E-state index is 13.0. The van der Waals surface area contributed by atoms with Crippen LogP contribution < -0.4 is 21.7 Å². The second-order valence-electron chi connectivity index (χ2n) is 8.81. The van der Waals surface area contributed by atoms with Crippen LogP contribution in [0.4, 0.5) is 0 Å². The first-order chi connectivity index (χ1) is 16.5. The van der Waals surface area contributed by atoms with Crippen LogP contribution in [0.2, 0.25) is 0 Å². The lowest BCUT2D eigenvalue weighted by Crippen LogP contribution is -2.57. The average molecular weight is 506 g/mol. The first-order valence-corrected chi connectivity index (χ1v) is 12.9. The highest BCUT2D eigenvalue weighted by Gasteiger charge is 2.29. The molecule has 11 heteroatoms. The monoisotopic (exact) mass is 505 g/mol. The Kier molecular flexibility index (Phi) is 10.6. The van der Waals surface area contributed by atoms with Crippen LogP contribution in [-0.2, 0) is 25.6 Å². The van der Waals surface area contributed by atoms with Crippen LogP contribution in [0, 0.1) is 5.92 Å². The van der Waals surface area contributed by atoms with Gasteiger partial charge in [-0.05, 0) is 42.9 Å². The zero-order valence-electron chi connectivity index (χ0n) is 20.5. The number of carbonyl (C=O) groups is 4. The zero-order chi connectivity index (χ0) is 26.1. The van der Waals surface area contributed by atoms with Crippen LogP contribution in [0.3, 0.4) is 0 Å². The molecule has 3 amide bonds. The third kappa shape index (κ3) is 8.00. The van der Waals surface area contributed by atoms with Crippen LogP contribution >= 0.6 is 11.8 Å². The van der Waals surface area contributed by atoms with Gasteiger partial charge in [-0.3, -0.25) is 14.4 Å². The number of carbonyl (C=O) groups excluding carboxylic acids is 3. The van der Waals surface area contributed by atoms with Crippen molar-refractivity contribution in [3.63, 3.8) is 0 Å². The van der Waals surface area contributed by atoms with Crippen molar-refractivity contribution >= 4 is 46.4 Å². The summed E-state index contributed by atoms with van der Waals surface area (Å²) >= 11 is 1.49. The smallest absolute Gasteiger partial charge is 0.326 e. The molecule has 2 rings (SSSR count). The van der Waals surface area contributed by atoms with Gasteiger partial charge in [0.15, 0.2) is 0 Å². The number of nitrogens with two attached hydrogens (primary N) is 1. The number of para-hydroxylation sites is 1. The molecule has 2 aromatic rings. The molecule has 0 bridgehead atoms. The van der Waals surface area contributed by atoms with Crippen LogP contribution in [-0.4, -0.2) is 70.0 Å². The van der Waals surface area contributed by atoms with Crippen LogP contribution in [0.1, 0.15) is 32.8 Å². The SMILES string of the molecule is CSCCC(NC(=O)C(C)NC(=O)C(N)C(C)C)C(=O)NC(Cc1c[nH]c2ccccc12)C(=O)O. The third-order valence-electron chi connectivity index (χ3n) is 5.73. The topological polar surface area (TPSA) is 166 Å². The molecule has 1 aromatic carbocycles. The van der Waals surface area contributed by atoms with Gasteiger partial charge >= 0.3 is 5.97 Å². The minimum atomic E-state index is -1.18. The van der Waals surface area contributed by atoms with Crippen molar-refractivity contribution in [2.24, 2.45) is 11.7 Å². The fourth-order valence-electron chi connectivity index (χ4n) is 3.47. The molecule has 1 heterocycles. The Morgan fingerprint density at radius 3 is 2.29 bits per heavy atom. The maximum Gasteiger partial charge on any atom is 0.326 e. The van der Waals surface area contributed by atoms with Gasteiger partial charge in [0, 0.05) is 23.5 Å². The number of amides is 3. The van der Waals surface area contributed by atoms with E-state index in [4.69, 9.17) is 5.73 Å². The summed E-state index contributed by atoms with van der Waals surface area (Å²) in [4.78, 5) is 52.9. The molecule has 0 aliphatic rings. The van der Waals surface area contributed by atoms with Gasteiger partial charge in [-0.2, -0.15) is 11.8 Å². The van der Waals surface area contributed by atoms with E-state index in [2.05, 4.69) is 20.9 Å². The number of H-pyrrole nitrogens is 1. The molecule has 35 heavy (non-hydrogen) atoms. The third-order valence-corrected chi connectivity index (χ3v) is 6.37. The molecule has 0 saturated heterocycles. The van der Waals surface area contributed by atoms with Crippen molar-refractivity contribution in [3.8, 4) is 0 Å². The summed E-state index contributed by atoms with van der Waals surface area (Å²) in [5.41, 5.74) is 7.46. The second kappa shape index (κ2) is 13.1. The van der Waals surface area contributed by atoms with E-state index >= 15 is 0 Å². The summed E-state index contributed by atoms with van der Waals surface area (Å²) in [7, 11) is 0. The van der Waals surface area contributed by atoms with Crippen molar-refractivity contribution in [1.82, 2.24) is 20.9 Å². The van der Waals surface area contributed by atoms with E-state index in [1.807, 2.05) is 30.5 Å². The lowest BCUT2D eigenvalue weighted by molar-refractivity contribution is -0.142. The summed E-state index contributed by atoms with van der Waals surface area (Å²) in [6.07, 6.45) is 3.97. The van der Waals surface area contributed by atoms with Gasteiger partial charge in [-0.15, -0.1) is 0 Å². The predicted octanol–water partition coefficient (Wildman–Crippen LogP) is 1.01. The lowest BCUT2D eigenvalue weighted by Gasteiger charge is -2.24. The van der Waals surface area contributed by atoms with E-state index in [1.165, 1.54) is 18.7 Å². The van der Waals surface area contributed by atoms with Gasteiger partial charge < -0.3 is 31.8 Å². The van der Waals surface area contributed by atoms with E-state index < -0.39 is 47.9 Å². The number of aliphatic carboxylic acids is 1. The summed E-state index contributed by atoms with van der Waals surface area (Å²) < 4.78 is 0. The Balaban J connectivity index is 2.08. The van der Waals surface area contributed by atoms with E-state index in [0.717, 1.165) is 16.5 Å². The van der Waals surface area contributed by atoms with Gasteiger partial charge in [0.25, 0.3) is 0 Å². The average Bonchev–Trinajstić information content (AvgIpc) is 3.23. The number of aromatic amines is 1. The van der Waals surface area contributed by atoms with Crippen molar-refractivity contribution in [2.75, 3.05) is 12.0 Å². The Morgan fingerprint density at radius 1 is 1.00 bits per heavy atom. The summed E-state index contributed by atoms with van der Waals surface area (Å²) in [5.74, 6) is -2.33. The van der Waals surface area contributed by atoms with Gasteiger partial charge in [0.05, 0.1) is 6.04 Å². The standard InChI is InChI=1S/C24H35N5O5S/c1-13(2)20(25)23(32)27-14(3)21(30)28-18(9-10-35-4)22(31)29-19(24(33)34)11-15-12-26-17-8-6-5-7-16(15)17/h5-8,12-14,18-20,26H,9-11,25H2,1-4H3,(H,27,32)(H,28,30)(H,29,31)(H,33,34). The molecular formula is C24H35N5O5S. The van der Waals surface area contributed by atoms with Crippen LogP contribution in [0.15, 0.2) is 30.5 Å². The Labute approximate surface area is 209 Å². The Morgan fingerprint density at radius 2 is 1.66 bits per heavy atom. The summed E-state index contributed by atoms with van der Waals surface area (Å²) in [6.45, 7) is 5.10. The highest BCUT2D eigenvalue weighted by molar-refractivity contribution is 7.98. The Hall–Kier alpha value is -3.05. The number of aromatic nitrogens is 1. The predicted molar refractivity (Wildman–Crippen MR) is 137 cm³/mol. The maximum absolute atomic E-state index is 13.0. The van der Waals surface area contributed by atoms with Gasteiger partial charge in [-0.1, -0.05) is 32.0 Å². The number of hydrogen-bond donors (Lipinski definition) is 6.